The summed E-state index contributed by atoms with van der Waals surface area (Å²) in [6.07, 6.45) is 4.20. The molecule has 0 aromatic carbocycles. The van der Waals surface area contributed by atoms with Crippen molar-refractivity contribution in [2.45, 2.75) is 39.8 Å². The van der Waals surface area contributed by atoms with E-state index < -0.39 is 0 Å². The Morgan fingerprint density at radius 3 is 2.80 bits per heavy atom. The lowest BCUT2D eigenvalue weighted by molar-refractivity contribution is 0.251. The van der Waals surface area contributed by atoms with Crippen molar-refractivity contribution >= 4 is 0 Å². The van der Waals surface area contributed by atoms with Crippen molar-refractivity contribution in [3.63, 3.8) is 0 Å². The monoisotopic (exact) mass is 210 g/mol. The molecular weight excluding hydrogens is 188 g/mol. The summed E-state index contributed by atoms with van der Waals surface area (Å²) < 4.78 is 5.45. The first-order valence-electron chi connectivity index (χ1n) is 5.79. The fraction of sp³-hybridized carbons (Fsp3) is 0.667. The standard InChI is InChI=1S/C12H22N2O/c1-3-5-7-14(4-2)10-12-11(9-13)6-8-15-12/h6,8H,3-5,7,9-10,13H2,1-2H3. The smallest absolute Gasteiger partial charge is 0.122 e. The van der Waals surface area contributed by atoms with Crippen LogP contribution >= 0.6 is 0 Å². The molecule has 0 bridgehead atoms. The molecule has 0 aliphatic carbocycles. The van der Waals surface area contributed by atoms with Crippen molar-refractivity contribution in [1.29, 1.82) is 0 Å². The summed E-state index contributed by atoms with van der Waals surface area (Å²) >= 11 is 0. The number of hydrogen-bond donors (Lipinski definition) is 1. The number of nitrogens with zero attached hydrogens (tertiary/aromatic N) is 1. The summed E-state index contributed by atoms with van der Waals surface area (Å²) in [6.45, 7) is 8.04. The molecule has 0 fully saturated rings. The van der Waals surface area contributed by atoms with E-state index in [1.54, 1.807) is 6.26 Å². The van der Waals surface area contributed by atoms with Crippen LogP contribution < -0.4 is 5.73 Å². The van der Waals surface area contributed by atoms with Crippen LogP contribution in [0, 0.1) is 0 Å². The fourth-order valence-corrected chi connectivity index (χ4v) is 1.62. The van der Waals surface area contributed by atoms with Crippen LogP contribution in [0.25, 0.3) is 0 Å². The molecule has 0 aliphatic rings. The van der Waals surface area contributed by atoms with Crippen LogP contribution in [0.3, 0.4) is 0 Å². The van der Waals surface area contributed by atoms with Gasteiger partial charge >= 0.3 is 0 Å². The van der Waals surface area contributed by atoms with Gasteiger partial charge in [0.1, 0.15) is 5.76 Å². The molecule has 1 aromatic heterocycles. The Hall–Kier alpha value is -0.800. The fourth-order valence-electron chi connectivity index (χ4n) is 1.62. The third-order valence-electron chi connectivity index (χ3n) is 2.70. The van der Waals surface area contributed by atoms with Crippen LogP contribution in [-0.4, -0.2) is 18.0 Å². The van der Waals surface area contributed by atoms with E-state index in [1.807, 2.05) is 6.07 Å². The first kappa shape index (κ1) is 12.3. The van der Waals surface area contributed by atoms with Gasteiger partial charge in [-0.25, -0.2) is 0 Å². The average Bonchev–Trinajstić information content (AvgIpc) is 2.71. The zero-order valence-corrected chi connectivity index (χ0v) is 9.83. The van der Waals surface area contributed by atoms with E-state index in [0.29, 0.717) is 6.54 Å². The molecule has 1 aromatic rings. The maximum atomic E-state index is 5.63. The van der Waals surface area contributed by atoms with E-state index in [-0.39, 0.29) is 0 Å². The number of nitrogens with two attached hydrogens (primary N) is 1. The molecule has 2 N–H and O–H groups in total. The normalized spacial score (nSPS) is 11.2. The van der Waals surface area contributed by atoms with Crippen LogP contribution in [0.2, 0.25) is 0 Å². The Kier molecular flexibility index (Phi) is 5.43. The van der Waals surface area contributed by atoms with Crippen LogP contribution in [0.5, 0.6) is 0 Å². The molecule has 3 heteroatoms. The highest BCUT2D eigenvalue weighted by Gasteiger charge is 2.09. The molecule has 3 nitrogen and oxygen atoms in total. The Labute approximate surface area is 92.2 Å². The summed E-state index contributed by atoms with van der Waals surface area (Å²) in [5.74, 6) is 1.02. The van der Waals surface area contributed by atoms with Gasteiger partial charge in [0.15, 0.2) is 0 Å². The molecule has 0 spiro atoms. The van der Waals surface area contributed by atoms with Crippen LogP contribution in [0.15, 0.2) is 16.7 Å². The van der Waals surface area contributed by atoms with Gasteiger partial charge in [-0.1, -0.05) is 20.3 Å². The number of furan rings is 1. The maximum absolute atomic E-state index is 5.63. The molecule has 86 valence electrons. The lowest BCUT2D eigenvalue weighted by Crippen LogP contribution is -2.24. The molecule has 0 radical (unpaired) electrons. The van der Waals surface area contributed by atoms with Crippen LogP contribution in [0.4, 0.5) is 0 Å². The van der Waals surface area contributed by atoms with Crippen LogP contribution in [0.1, 0.15) is 38.0 Å². The molecule has 1 rings (SSSR count). The molecule has 0 saturated carbocycles. The maximum Gasteiger partial charge on any atom is 0.122 e. The minimum Gasteiger partial charge on any atom is -0.468 e. The minimum absolute atomic E-state index is 0.567. The predicted molar refractivity (Wildman–Crippen MR) is 62.5 cm³/mol. The van der Waals surface area contributed by atoms with E-state index in [4.69, 9.17) is 10.2 Å². The molecule has 0 saturated heterocycles. The summed E-state index contributed by atoms with van der Waals surface area (Å²) in [5, 5.41) is 0. The van der Waals surface area contributed by atoms with Gasteiger partial charge in [0, 0.05) is 12.1 Å². The number of hydrogen-bond acceptors (Lipinski definition) is 3. The van der Waals surface area contributed by atoms with Crippen molar-refractivity contribution in [1.82, 2.24) is 4.90 Å². The topological polar surface area (TPSA) is 42.4 Å². The quantitative estimate of drug-likeness (QED) is 0.751. The lowest BCUT2D eigenvalue weighted by Gasteiger charge is -2.19. The second-order valence-electron chi connectivity index (χ2n) is 3.80. The van der Waals surface area contributed by atoms with Crippen molar-refractivity contribution in [2.24, 2.45) is 5.73 Å². The highest BCUT2D eigenvalue weighted by molar-refractivity contribution is 5.16. The van der Waals surface area contributed by atoms with Crippen molar-refractivity contribution in [3.05, 3.63) is 23.7 Å². The molecule has 0 unspecified atom stereocenters. The number of rotatable bonds is 7. The Bertz CT molecular complexity index is 270. The van der Waals surface area contributed by atoms with Crippen LogP contribution in [-0.2, 0) is 13.1 Å². The third-order valence-corrected chi connectivity index (χ3v) is 2.70. The van der Waals surface area contributed by atoms with E-state index in [2.05, 4.69) is 18.7 Å². The SMILES string of the molecule is CCCCN(CC)Cc1occc1CN. The highest BCUT2D eigenvalue weighted by Crippen LogP contribution is 2.12. The molecule has 15 heavy (non-hydrogen) atoms. The van der Waals surface area contributed by atoms with E-state index in [0.717, 1.165) is 31.0 Å². The number of unbranched alkanes of at least 4 members (excludes halogenated alkanes) is 1. The van der Waals surface area contributed by atoms with E-state index >= 15 is 0 Å². The van der Waals surface area contributed by atoms with Crippen molar-refractivity contribution in [2.75, 3.05) is 13.1 Å². The molecular formula is C12H22N2O. The van der Waals surface area contributed by atoms with Crippen molar-refractivity contribution < 1.29 is 4.42 Å². The Morgan fingerprint density at radius 1 is 1.40 bits per heavy atom. The summed E-state index contributed by atoms with van der Waals surface area (Å²) in [6, 6.07) is 1.96. The largest absolute Gasteiger partial charge is 0.468 e. The van der Waals surface area contributed by atoms with Gasteiger partial charge in [-0.2, -0.15) is 0 Å². The summed E-state index contributed by atoms with van der Waals surface area (Å²) in [4.78, 5) is 2.39. The predicted octanol–water partition coefficient (Wildman–Crippen LogP) is 2.36. The zero-order valence-electron chi connectivity index (χ0n) is 9.83. The molecule has 0 aliphatic heterocycles. The first-order valence-corrected chi connectivity index (χ1v) is 5.79. The summed E-state index contributed by atoms with van der Waals surface area (Å²) in [7, 11) is 0. The van der Waals surface area contributed by atoms with Gasteiger partial charge in [0.05, 0.1) is 12.8 Å². The molecule has 0 atom stereocenters. The van der Waals surface area contributed by atoms with E-state index in [9.17, 15) is 0 Å². The molecule has 1 heterocycles. The third kappa shape index (κ3) is 3.68. The van der Waals surface area contributed by atoms with Crippen molar-refractivity contribution in [3.8, 4) is 0 Å². The molecule has 0 amide bonds. The van der Waals surface area contributed by atoms with Gasteiger partial charge in [0.25, 0.3) is 0 Å². The lowest BCUT2D eigenvalue weighted by atomic mass is 10.2. The van der Waals surface area contributed by atoms with Gasteiger partial charge < -0.3 is 10.2 Å². The Morgan fingerprint density at radius 2 is 2.20 bits per heavy atom. The zero-order chi connectivity index (χ0) is 11.1. The van der Waals surface area contributed by atoms with Gasteiger partial charge in [-0.05, 0) is 25.6 Å². The minimum atomic E-state index is 0.567. The second-order valence-corrected chi connectivity index (χ2v) is 3.80. The van der Waals surface area contributed by atoms with Gasteiger partial charge in [-0.3, -0.25) is 4.90 Å². The first-order chi connectivity index (χ1) is 7.31. The van der Waals surface area contributed by atoms with Gasteiger partial charge in [0.2, 0.25) is 0 Å². The second kappa shape index (κ2) is 6.64. The summed E-state index contributed by atoms with van der Waals surface area (Å²) in [5.41, 5.74) is 6.76. The Balaban J connectivity index is 2.50. The van der Waals surface area contributed by atoms with E-state index in [1.165, 1.54) is 12.8 Å². The highest BCUT2D eigenvalue weighted by atomic mass is 16.3. The van der Waals surface area contributed by atoms with Gasteiger partial charge in [-0.15, -0.1) is 0 Å². The average molecular weight is 210 g/mol.